The third kappa shape index (κ3) is 5.26. The quantitative estimate of drug-likeness (QED) is 0.797. The van der Waals surface area contributed by atoms with Crippen LogP contribution in [0.4, 0.5) is 0 Å². The van der Waals surface area contributed by atoms with E-state index in [1.165, 1.54) is 0 Å². The number of hydrogen-bond donors (Lipinski definition) is 0. The average molecular weight is 333 g/mol. The van der Waals surface area contributed by atoms with Crippen molar-refractivity contribution in [1.29, 1.82) is 0 Å². The first kappa shape index (κ1) is 17.3. The highest BCUT2D eigenvalue weighted by Gasteiger charge is 2.24. The van der Waals surface area contributed by atoms with Gasteiger partial charge >= 0.3 is 0 Å². The van der Waals surface area contributed by atoms with Gasteiger partial charge < -0.3 is 9.64 Å². The van der Waals surface area contributed by atoms with Gasteiger partial charge in [0.05, 0.1) is 25.0 Å². The van der Waals surface area contributed by atoms with Crippen LogP contribution in [-0.2, 0) is 21.0 Å². The number of piperidine rings is 1. The second kappa shape index (κ2) is 9.11. The summed E-state index contributed by atoms with van der Waals surface area (Å²) in [6.45, 7) is 4.43. The highest BCUT2D eigenvalue weighted by molar-refractivity contribution is 5.76. The topological polar surface area (TPSA) is 54.9 Å². The van der Waals surface area contributed by atoms with E-state index in [4.69, 9.17) is 9.57 Å². The fraction of sp³-hybridized carbons (Fsp3) is 0.667. The predicted molar refractivity (Wildman–Crippen MR) is 90.0 cm³/mol. The lowest BCUT2D eigenvalue weighted by Crippen LogP contribution is -2.44. The van der Waals surface area contributed by atoms with Gasteiger partial charge in [0.15, 0.2) is 0 Å². The van der Waals surface area contributed by atoms with E-state index < -0.39 is 0 Å². The molecule has 0 aromatic carbocycles. The molecule has 0 saturated carbocycles. The van der Waals surface area contributed by atoms with E-state index in [1.54, 1.807) is 6.20 Å². The number of carbonyl (C=O) groups is 1. The summed E-state index contributed by atoms with van der Waals surface area (Å²) in [4.78, 5) is 24.2. The Balaban J connectivity index is 1.40. The van der Waals surface area contributed by atoms with Crippen LogP contribution in [0.25, 0.3) is 0 Å². The molecular formula is C18H27N3O3. The normalized spacial score (nSPS) is 22.5. The molecule has 2 fully saturated rings. The summed E-state index contributed by atoms with van der Waals surface area (Å²) >= 11 is 0. The maximum absolute atomic E-state index is 12.4. The van der Waals surface area contributed by atoms with Gasteiger partial charge in [0.2, 0.25) is 5.91 Å². The first-order valence-corrected chi connectivity index (χ1v) is 8.98. The number of ether oxygens (including phenoxy) is 1. The van der Waals surface area contributed by atoms with Crippen molar-refractivity contribution in [2.24, 2.45) is 0 Å². The Kier molecular flexibility index (Phi) is 6.57. The molecule has 0 spiro atoms. The van der Waals surface area contributed by atoms with Gasteiger partial charge in [0, 0.05) is 38.8 Å². The Morgan fingerprint density at radius 1 is 1.29 bits per heavy atom. The van der Waals surface area contributed by atoms with E-state index in [9.17, 15) is 4.79 Å². The first-order chi connectivity index (χ1) is 11.8. The third-order valence-corrected chi connectivity index (χ3v) is 4.57. The minimum Gasteiger partial charge on any atom is -0.370 e. The molecule has 2 saturated heterocycles. The largest absolute Gasteiger partial charge is 0.370 e. The Hall–Kier alpha value is -1.50. The van der Waals surface area contributed by atoms with Crippen molar-refractivity contribution >= 4 is 5.91 Å². The number of carbonyl (C=O) groups excluding carboxylic acids is 1. The van der Waals surface area contributed by atoms with Crippen LogP contribution in [0, 0.1) is 0 Å². The van der Waals surface area contributed by atoms with E-state index in [2.05, 4.69) is 4.98 Å². The Morgan fingerprint density at radius 3 is 3.04 bits per heavy atom. The van der Waals surface area contributed by atoms with Gasteiger partial charge in [-0.25, -0.2) is 0 Å². The number of pyridine rings is 1. The molecule has 6 nitrogen and oxygen atoms in total. The predicted octanol–water partition coefficient (Wildman–Crippen LogP) is 2.01. The SMILES string of the molecule is O=C(CCN1CCCCO1)N1CCCC(OCc2ccccn2)C1. The summed E-state index contributed by atoms with van der Waals surface area (Å²) < 4.78 is 5.95. The van der Waals surface area contributed by atoms with Crippen molar-refractivity contribution in [3.8, 4) is 0 Å². The lowest BCUT2D eigenvalue weighted by Gasteiger charge is -2.33. The van der Waals surface area contributed by atoms with E-state index in [0.717, 1.165) is 51.1 Å². The summed E-state index contributed by atoms with van der Waals surface area (Å²) in [6.07, 6.45) is 6.68. The van der Waals surface area contributed by atoms with Crippen molar-refractivity contribution in [3.63, 3.8) is 0 Å². The molecule has 1 unspecified atom stereocenters. The summed E-state index contributed by atoms with van der Waals surface area (Å²) in [6, 6.07) is 5.83. The van der Waals surface area contributed by atoms with Gasteiger partial charge in [-0.2, -0.15) is 5.06 Å². The number of likely N-dealkylation sites (tertiary alicyclic amines) is 1. The molecule has 1 atom stereocenters. The maximum Gasteiger partial charge on any atom is 0.224 e. The molecule has 132 valence electrons. The van der Waals surface area contributed by atoms with Crippen LogP contribution in [0.3, 0.4) is 0 Å². The Morgan fingerprint density at radius 2 is 2.25 bits per heavy atom. The highest BCUT2D eigenvalue weighted by Crippen LogP contribution is 2.16. The number of nitrogens with zero attached hydrogens (tertiary/aromatic N) is 3. The van der Waals surface area contributed by atoms with Crippen molar-refractivity contribution in [3.05, 3.63) is 30.1 Å². The average Bonchev–Trinajstić information content (AvgIpc) is 2.66. The van der Waals surface area contributed by atoms with Crippen LogP contribution in [0.15, 0.2) is 24.4 Å². The van der Waals surface area contributed by atoms with E-state index in [1.807, 2.05) is 28.2 Å². The molecule has 2 aliphatic rings. The molecule has 0 radical (unpaired) electrons. The molecule has 3 rings (SSSR count). The molecule has 0 aliphatic carbocycles. The lowest BCUT2D eigenvalue weighted by atomic mass is 10.1. The molecule has 6 heteroatoms. The van der Waals surface area contributed by atoms with Crippen molar-refractivity contribution in [2.75, 3.05) is 32.8 Å². The Labute approximate surface area is 143 Å². The molecule has 0 N–H and O–H groups in total. The van der Waals surface area contributed by atoms with Gasteiger partial charge in [-0.1, -0.05) is 6.07 Å². The zero-order valence-electron chi connectivity index (χ0n) is 14.2. The molecule has 1 aromatic heterocycles. The second-order valence-electron chi connectivity index (χ2n) is 6.46. The van der Waals surface area contributed by atoms with Gasteiger partial charge in [0.1, 0.15) is 0 Å². The molecule has 24 heavy (non-hydrogen) atoms. The molecule has 1 aromatic rings. The van der Waals surface area contributed by atoms with E-state index in [-0.39, 0.29) is 12.0 Å². The number of hydroxylamine groups is 2. The van der Waals surface area contributed by atoms with Crippen LogP contribution in [0.2, 0.25) is 0 Å². The molecule has 2 aliphatic heterocycles. The van der Waals surface area contributed by atoms with Crippen LogP contribution < -0.4 is 0 Å². The number of rotatable bonds is 6. The number of aromatic nitrogens is 1. The summed E-state index contributed by atoms with van der Waals surface area (Å²) in [5, 5.41) is 1.93. The van der Waals surface area contributed by atoms with Crippen molar-refractivity contribution in [2.45, 2.75) is 44.8 Å². The minimum absolute atomic E-state index is 0.107. The number of hydrogen-bond acceptors (Lipinski definition) is 5. The molecule has 3 heterocycles. The highest BCUT2D eigenvalue weighted by atomic mass is 16.7. The number of amides is 1. The van der Waals surface area contributed by atoms with Crippen LogP contribution >= 0.6 is 0 Å². The monoisotopic (exact) mass is 333 g/mol. The Bertz CT molecular complexity index is 505. The summed E-state index contributed by atoms with van der Waals surface area (Å²) in [5.74, 6) is 0.204. The van der Waals surface area contributed by atoms with Crippen molar-refractivity contribution < 1.29 is 14.4 Å². The van der Waals surface area contributed by atoms with Crippen LogP contribution in [-0.4, -0.2) is 59.7 Å². The standard InChI is InChI=1S/C18H27N3O3/c22-18(8-12-21-11-3-4-13-24-21)20-10-5-7-17(14-20)23-15-16-6-1-2-9-19-16/h1-2,6,9,17H,3-5,7-8,10-15H2. The third-order valence-electron chi connectivity index (χ3n) is 4.57. The summed E-state index contributed by atoms with van der Waals surface area (Å²) in [7, 11) is 0. The second-order valence-corrected chi connectivity index (χ2v) is 6.46. The smallest absolute Gasteiger partial charge is 0.224 e. The van der Waals surface area contributed by atoms with Gasteiger partial charge in [0.25, 0.3) is 0 Å². The van der Waals surface area contributed by atoms with Crippen LogP contribution in [0.5, 0.6) is 0 Å². The van der Waals surface area contributed by atoms with Crippen molar-refractivity contribution in [1.82, 2.24) is 14.9 Å². The first-order valence-electron chi connectivity index (χ1n) is 8.98. The van der Waals surface area contributed by atoms with E-state index >= 15 is 0 Å². The van der Waals surface area contributed by atoms with Gasteiger partial charge in [-0.3, -0.25) is 14.6 Å². The van der Waals surface area contributed by atoms with Gasteiger partial charge in [-0.05, 0) is 37.8 Å². The molecule has 0 bridgehead atoms. The maximum atomic E-state index is 12.4. The minimum atomic E-state index is 0.107. The van der Waals surface area contributed by atoms with E-state index in [0.29, 0.717) is 26.1 Å². The lowest BCUT2D eigenvalue weighted by molar-refractivity contribution is -0.183. The van der Waals surface area contributed by atoms with Crippen LogP contribution in [0.1, 0.15) is 37.8 Å². The fourth-order valence-electron chi connectivity index (χ4n) is 3.19. The zero-order chi connectivity index (χ0) is 16.6. The fourth-order valence-corrected chi connectivity index (χ4v) is 3.19. The molecular weight excluding hydrogens is 306 g/mol. The zero-order valence-corrected chi connectivity index (χ0v) is 14.2. The summed E-state index contributed by atoms with van der Waals surface area (Å²) in [5.41, 5.74) is 0.934. The molecule has 1 amide bonds. The van der Waals surface area contributed by atoms with Gasteiger partial charge in [-0.15, -0.1) is 0 Å².